The maximum Gasteiger partial charge on any atom is 0.263 e. The van der Waals surface area contributed by atoms with Crippen LogP contribution < -0.4 is 10.1 Å². The van der Waals surface area contributed by atoms with Crippen LogP contribution in [-0.2, 0) is 6.42 Å². The first kappa shape index (κ1) is 14.3. The van der Waals surface area contributed by atoms with Gasteiger partial charge in [-0.1, -0.05) is 24.3 Å². The van der Waals surface area contributed by atoms with E-state index in [0.717, 1.165) is 30.0 Å². The minimum atomic E-state index is -2.40. The largest absolute Gasteiger partial charge is 0.497 e. The number of hydrogen-bond acceptors (Lipinski definition) is 2. The van der Waals surface area contributed by atoms with Crippen LogP contribution in [0.3, 0.4) is 0 Å². The van der Waals surface area contributed by atoms with E-state index in [4.69, 9.17) is 4.74 Å². The molecule has 0 radical (unpaired) electrons. The van der Waals surface area contributed by atoms with Crippen LogP contribution in [0, 0.1) is 0 Å². The third kappa shape index (κ3) is 3.95. The second-order valence-electron chi connectivity index (χ2n) is 4.45. The van der Waals surface area contributed by atoms with Crippen LogP contribution in [0.1, 0.15) is 17.6 Å². The van der Waals surface area contributed by atoms with Gasteiger partial charge in [0.05, 0.1) is 7.11 Å². The summed E-state index contributed by atoms with van der Waals surface area (Å²) in [5, 5.41) is 3.28. The molecule has 2 aromatic carbocycles. The molecule has 0 aliphatic heterocycles. The number of rotatable bonds is 6. The lowest BCUT2D eigenvalue weighted by Gasteiger charge is -2.08. The summed E-state index contributed by atoms with van der Waals surface area (Å²) in [6, 6.07) is 14.1. The van der Waals surface area contributed by atoms with Gasteiger partial charge in [-0.3, -0.25) is 0 Å². The minimum absolute atomic E-state index is 0.0665. The van der Waals surface area contributed by atoms with E-state index in [9.17, 15) is 8.78 Å². The Kier molecular flexibility index (Phi) is 4.93. The molecule has 0 saturated heterocycles. The van der Waals surface area contributed by atoms with Crippen molar-refractivity contribution in [1.82, 2.24) is 0 Å². The summed E-state index contributed by atoms with van der Waals surface area (Å²) in [5.74, 6) is 0.818. The van der Waals surface area contributed by atoms with Crippen LogP contribution in [0.25, 0.3) is 0 Å². The van der Waals surface area contributed by atoms with Crippen LogP contribution >= 0.6 is 0 Å². The van der Waals surface area contributed by atoms with Crippen LogP contribution in [0.2, 0.25) is 0 Å². The maximum absolute atomic E-state index is 12.4. The first-order valence-electron chi connectivity index (χ1n) is 6.44. The lowest BCUT2D eigenvalue weighted by molar-refractivity contribution is 0.151. The van der Waals surface area contributed by atoms with Crippen molar-refractivity contribution in [3.63, 3.8) is 0 Å². The Labute approximate surface area is 117 Å². The molecule has 0 atom stereocenters. The SMILES string of the molecule is COc1ccc(NCCc2ccc(C(F)F)cc2)cc1. The quantitative estimate of drug-likeness (QED) is 0.850. The molecule has 2 nitrogen and oxygen atoms in total. The molecule has 0 aliphatic rings. The number of benzene rings is 2. The monoisotopic (exact) mass is 277 g/mol. The molecule has 1 N–H and O–H groups in total. The number of ether oxygens (including phenoxy) is 1. The smallest absolute Gasteiger partial charge is 0.263 e. The molecule has 0 spiro atoms. The van der Waals surface area contributed by atoms with Crippen molar-refractivity contribution in [1.29, 1.82) is 0 Å². The number of methoxy groups -OCH3 is 1. The summed E-state index contributed by atoms with van der Waals surface area (Å²) in [4.78, 5) is 0. The van der Waals surface area contributed by atoms with Crippen LogP contribution in [0.5, 0.6) is 5.75 Å². The van der Waals surface area contributed by atoms with Crippen molar-refractivity contribution in [2.24, 2.45) is 0 Å². The molecule has 0 fully saturated rings. The molecule has 2 aromatic rings. The van der Waals surface area contributed by atoms with Crippen LogP contribution in [-0.4, -0.2) is 13.7 Å². The van der Waals surface area contributed by atoms with E-state index < -0.39 is 6.43 Å². The van der Waals surface area contributed by atoms with Gasteiger partial charge >= 0.3 is 0 Å². The Bertz CT molecular complexity index is 523. The molecule has 0 bridgehead atoms. The second kappa shape index (κ2) is 6.89. The number of hydrogen-bond donors (Lipinski definition) is 1. The van der Waals surface area contributed by atoms with Gasteiger partial charge < -0.3 is 10.1 Å². The van der Waals surface area contributed by atoms with Crippen molar-refractivity contribution >= 4 is 5.69 Å². The zero-order valence-corrected chi connectivity index (χ0v) is 11.3. The third-order valence-corrected chi connectivity index (χ3v) is 3.06. The fourth-order valence-corrected chi connectivity index (χ4v) is 1.89. The Hall–Kier alpha value is -2.10. The summed E-state index contributed by atoms with van der Waals surface area (Å²) in [6.45, 7) is 0.750. The highest BCUT2D eigenvalue weighted by molar-refractivity contribution is 5.46. The Morgan fingerprint density at radius 3 is 2.20 bits per heavy atom. The Morgan fingerprint density at radius 2 is 1.65 bits per heavy atom. The fourth-order valence-electron chi connectivity index (χ4n) is 1.89. The van der Waals surface area contributed by atoms with Crippen LogP contribution in [0.4, 0.5) is 14.5 Å². The number of halogens is 2. The molecule has 20 heavy (non-hydrogen) atoms. The van der Waals surface area contributed by atoms with E-state index >= 15 is 0 Å². The summed E-state index contributed by atoms with van der Waals surface area (Å²) in [6.07, 6.45) is -1.61. The van der Waals surface area contributed by atoms with Gasteiger partial charge in [0.15, 0.2) is 0 Å². The second-order valence-corrected chi connectivity index (χ2v) is 4.45. The average molecular weight is 277 g/mol. The average Bonchev–Trinajstić information content (AvgIpc) is 2.48. The van der Waals surface area contributed by atoms with Gasteiger partial charge in [-0.2, -0.15) is 0 Å². The number of alkyl halides is 2. The van der Waals surface area contributed by atoms with Crippen LogP contribution in [0.15, 0.2) is 48.5 Å². The predicted octanol–water partition coefficient (Wildman–Crippen LogP) is 4.29. The van der Waals surface area contributed by atoms with Crippen molar-refractivity contribution in [3.05, 3.63) is 59.7 Å². The Morgan fingerprint density at radius 1 is 1.00 bits per heavy atom. The molecule has 2 rings (SSSR count). The lowest BCUT2D eigenvalue weighted by atomic mass is 10.1. The first-order valence-corrected chi connectivity index (χ1v) is 6.44. The van der Waals surface area contributed by atoms with Gasteiger partial charge in [0.25, 0.3) is 6.43 Å². The summed E-state index contributed by atoms with van der Waals surface area (Å²) < 4.78 is 29.9. The molecule has 0 aliphatic carbocycles. The van der Waals surface area contributed by atoms with E-state index in [-0.39, 0.29) is 5.56 Å². The van der Waals surface area contributed by atoms with E-state index in [1.54, 1.807) is 19.2 Å². The fraction of sp³-hybridized carbons (Fsp3) is 0.250. The zero-order valence-electron chi connectivity index (χ0n) is 11.3. The third-order valence-electron chi connectivity index (χ3n) is 3.06. The molecule has 0 amide bonds. The van der Waals surface area contributed by atoms with Gasteiger partial charge in [0, 0.05) is 17.8 Å². The molecular formula is C16H17F2NO. The molecule has 106 valence electrons. The maximum atomic E-state index is 12.4. The predicted molar refractivity (Wildman–Crippen MR) is 76.6 cm³/mol. The highest BCUT2D eigenvalue weighted by atomic mass is 19.3. The standard InChI is InChI=1S/C16H17F2NO/c1-20-15-8-6-14(7-9-15)19-11-10-12-2-4-13(5-3-12)16(17)18/h2-9,16,19H,10-11H2,1H3. The summed E-state index contributed by atoms with van der Waals surface area (Å²) >= 11 is 0. The zero-order chi connectivity index (χ0) is 14.4. The van der Waals surface area contributed by atoms with Crippen molar-refractivity contribution < 1.29 is 13.5 Å². The highest BCUT2D eigenvalue weighted by Gasteiger charge is 2.05. The number of anilines is 1. The van der Waals surface area contributed by atoms with Gasteiger partial charge in [0.2, 0.25) is 0 Å². The molecule has 0 aromatic heterocycles. The molecule has 0 unspecified atom stereocenters. The molecule has 0 saturated carbocycles. The van der Waals surface area contributed by atoms with Gasteiger partial charge in [-0.25, -0.2) is 8.78 Å². The van der Waals surface area contributed by atoms with E-state index in [2.05, 4.69) is 5.32 Å². The summed E-state index contributed by atoms with van der Waals surface area (Å²) in [7, 11) is 1.63. The molecule has 4 heteroatoms. The molecule has 0 heterocycles. The van der Waals surface area contributed by atoms with E-state index in [1.807, 2.05) is 24.3 Å². The lowest BCUT2D eigenvalue weighted by Crippen LogP contribution is -2.04. The van der Waals surface area contributed by atoms with Crippen molar-refractivity contribution in [2.75, 3.05) is 19.0 Å². The van der Waals surface area contributed by atoms with Crippen molar-refractivity contribution in [2.45, 2.75) is 12.8 Å². The number of nitrogens with one attached hydrogen (secondary N) is 1. The molecular weight excluding hydrogens is 260 g/mol. The normalized spacial score (nSPS) is 10.6. The topological polar surface area (TPSA) is 21.3 Å². The van der Waals surface area contributed by atoms with Gasteiger partial charge in [0.1, 0.15) is 5.75 Å². The van der Waals surface area contributed by atoms with Gasteiger partial charge in [-0.15, -0.1) is 0 Å². The summed E-state index contributed by atoms with van der Waals surface area (Å²) in [5.41, 5.74) is 2.11. The van der Waals surface area contributed by atoms with Gasteiger partial charge in [-0.05, 0) is 36.2 Å². The Balaban J connectivity index is 1.82. The van der Waals surface area contributed by atoms with E-state index in [0.29, 0.717) is 0 Å². The minimum Gasteiger partial charge on any atom is -0.497 e. The van der Waals surface area contributed by atoms with E-state index in [1.165, 1.54) is 12.1 Å². The highest BCUT2D eigenvalue weighted by Crippen LogP contribution is 2.19. The van der Waals surface area contributed by atoms with Crippen molar-refractivity contribution in [3.8, 4) is 5.75 Å². The first-order chi connectivity index (χ1) is 9.69.